The molecule has 4 heteroatoms. The topological polar surface area (TPSA) is 58.2 Å². The summed E-state index contributed by atoms with van der Waals surface area (Å²) in [7, 11) is 0. The number of rotatable bonds is 8. The van der Waals surface area contributed by atoms with Crippen molar-refractivity contribution >= 4 is 17.9 Å². The van der Waals surface area contributed by atoms with E-state index in [-0.39, 0.29) is 11.8 Å². The van der Waals surface area contributed by atoms with Crippen LogP contribution in [0.15, 0.2) is 36.4 Å². The predicted molar refractivity (Wildman–Crippen MR) is 81.0 cm³/mol. The van der Waals surface area contributed by atoms with E-state index < -0.39 is 0 Å². The summed E-state index contributed by atoms with van der Waals surface area (Å²) < 4.78 is 0. The third-order valence-corrected chi connectivity index (χ3v) is 2.73. The Bertz CT molecular complexity index is 441. The van der Waals surface area contributed by atoms with Gasteiger partial charge < -0.3 is 10.6 Å². The van der Waals surface area contributed by atoms with Crippen molar-refractivity contribution < 1.29 is 9.59 Å². The lowest BCUT2D eigenvalue weighted by Gasteiger charge is -2.05. The van der Waals surface area contributed by atoms with E-state index in [0.717, 1.165) is 18.4 Å². The Kier molecular flexibility index (Phi) is 7.80. The maximum Gasteiger partial charge on any atom is 0.244 e. The van der Waals surface area contributed by atoms with E-state index in [1.54, 1.807) is 6.08 Å². The quantitative estimate of drug-likeness (QED) is 0.563. The highest BCUT2D eigenvalue weighted by Gasteiger charge is 1.99. The molecule has 0 aliphatic rings. The number of benzene rings is 1. The molecule has 0 aliphatic carbocycles. The van der Waals surface area contributed by atoms with Gasteiger partial charge in [0, 0.05) is 25.6 Å². The molecule has 20 heavy (non-hydrogen) atoms. The second kappa shape index (κ2) is 9.78. The lowest BCUT2D eigenvalue weighted by Crippen LogP contribution is -2.33. The number of carbonyl (C=O) groups is 2. The zero-order valence-electron chi connectivity index (χ0n) is 11.9. The zero-order chi connectivity index (χ0) is 14.6. The summed E-state index contributed by atoms with van der Waals surface area (Å²) in [5, 5.41) is 5.49. The Morgan fingerprint density at radius 3 is 2.50 bits per heavy atom. The van der Waals surface area contributed by atoms with Crippen LogP contribution in [0.5, 0.6) is 0 Å². The highest BCUT2D eigenvalue weighted by Crippen LogP contribution is 2.00. The van der Waals surface area contributed by atoms with Crippen molar-refractivity contribution in [1.82, 2.24) is 10.6 Å². The summed E-state index contributed by atoms with van der Waals surface area (Å²) in [4.78, 5) is 22.8. The normalized spacial score (nSPS) is 10.4. The molecule has 0 aliphatic heterocycles. The monoisotopic (exact) mass is 274 g/mol. The average molecular weight is 274 g/mol. The molecule has 1 aromatic rings. The van der Waals surface area contributed by atoms with E-state index in [9.17, 15) is 9.59 Å². The molecule has 0 unspecified atom stereocenters. The summed E-state index contributed by atoms with van der Waals surface area (Å²) >= 11 is 0. The maximum absolute atomic E-state index is 11.5. The van der Waals surface area contributed by atoms with Gasteiger partial charge in [0.15, 0.2) is 0 Å². The first-order valence-electron chi connectivity index (χ1n) is 7.00. The fourth-order valence-electron chi connectivity index (χ4n) is 1.61. The summed E-state index contributed by atoms with van der Waals surface area (Å²) in [6, 6.07) is 9.63. The third-order valence-electron chi connectivity index (χ3n) is 2.73. The predicted octanol–water partition coefficient (Wildman–Crippen LogP) is 2.12. The molecule has 0 spiro atoms. The first-order valence-corrected chi connectivity index (χ1v) is 7.00. The smallest absolute Gasteiger partial charge is 0.244 e. The number of amides is 2. The number of hydrogen-bond acceptors (Lipinski definition) is 2. The second-order valence-electron chi connectivity index (χ2n) is 4.49. The highest BCUT2D eigenvalue weighted by atomic mass is 16.2. The van der Waals surface area contributed by atoms with Crippen LogP contribution in [0.2, 0.25) is 0 Å². The van der Waals surface area contributed by atoms with Gasteiger partial charge in [-0.15, -0.1) is 0 Å². The fourth-order valence-corrected chi connectivity index (χ4v) is 1.61. The van der Waals surface area contributed by atoms with Crippen LogP contribution in [0.1, 0.15) is 31.7 Å². The first kappa shape index (κ1) is 16.0. The van der Waals surface area contributed by atoms with E-state index in [0.29, 0.717) is 19.5 Å². The Morgan fingerprint density at radius 1 is 1.10 bits per heavy atom. The van der Waals surface area contributed by atoms with E-state index in [4.69, 9.17) is 0 Å². The molecule has 0 heterocycles. The Hall–Kier alpha value is -2.10. The lowest BCUT2D eigenvalue weighted by molar-refractivity contribution is -0.121. The molecule has 2 amide bonds. The van der Waals surface area contributed by atoms with Crippen molar-refractivity contribution in [3.8, 4) is 0 Å². The highest BCUT2D eigenvalue weighted by molar-refractivity contribution is 5.91. The molecule has 0 fully saturated rings. The molecule has 0 bridgehead atoms. The Balaban J connectivity index is 2.14. The molecule has 1 rings (SSSR count). The standard InChI is InChI=1S/C16H22N2O2/c1-2-3-9-15(19)17-12-13-18-16(20)11-10-14-7-5-4-6-8-14/h4-8,10-11H,2-3,9,12-13H2,1H3,(H,17,19)(H,18,20)/b11-10+. The van der Waals surface area contributed by atoms with Gasteiger partial charge >= 0.3 is 0 Å². The van der Waals surface area contributed by atoms with Crippen LogP contribution < -0.4 is 10.6 Å². The van der Waals surface area contributed by atoms with Gasteiger partial charge in [-0.1, -0.05) is 43.7 Å². The number of hydrogen-bond donors (Lipinski definition) is 2. The van der Waals surface area contributed by atoms with Crippen LogP contribution in [0, 0.1) is 0 Å². The van der Waals surface area contributed by atoms with E-state index in [1.165, 1.54) is 6.08 Å². The minimum atomic E-state index is -0.156. The molecular formula is C16H22N2O2. The van der Waals surface area contributed by atoms with Gasteiger partial charge in [-0.3, -0.25) is 9.59 Å². The van der Waals surface area contributed by atoms with Gasteiger partial charge in [0.25, 0.3) is 0 Å². The van der Waals surface area contributed by atoms with Crippen LogP contribution in [0.25, 0.3) is 6.08 Å². The summed E-state index contributed by atoms with van der Waals surface area (Å²) in [6.07, 6.45) is 5.72. The van der Waals surface area contributed by atoms with Crippen LogP contribution >= 0.6 is 0 Å². The molecule has 0 aromatic heterocycles. The van der Waals surface area contributed by atoms with Crippen molar-refractivity contribution in [1.29, 1.82) is 0 Å². The number of nitrogens with one attached hydrogen (secondary N) is 2. The minimum absolute atomic E-state index is 0.0425. The average Bonchev–Trinajstić information content (AvgIpc) is 2.48. The van der Waals surface area contributed by atoms with E-state index >= 15 is 0 Å². The second-order valence-corrected chi connectivity index (χ2v) is 4.49. The van der Waals surface area contributed by atoms with Gasteiger partial charge in [-0.25, -0.2) is 0 Å². The Morgan fingerprint density at radius 2 is 1.80 bits per heavy atom. The van der Waals surface area contributed by atoms with Crippen LogP contribution in [0.4, 0.5) is 0 Å². The van der Waals surface area contributed by atoms with Gasteiger partial charge in [0.1, 0.15) is 0 Å². The Labute approximate surface area is 120 Å². The minimum Gasteiger partial charge on any atom is -0.354 e. The molecule has 4 nitrogen and oxygen atoms in total. The molecule has 0 saturated heterocycles. The molecule has 1 aromatic carbocycles. The van der Waals surface area contributed by atoms with Crippen molar-refractivity contribution in [3.63, 3.8) is 0 Å². The molecule has 2 N–H and O–H groups in total. The van der Waals surface area contributed by atoms with Crippen LogP contribution in [-0.4, -0.2) is 24.9 Å². The third kappa shape index (κ3) is 7.36. The SMILES string of the molecule is CCCCC(=O)NCCNC(=O)/C=C/c1ccccc1. The maximum atomic E-state index is 11.5. The van der Waals surface area contributed by atoms with E-state index in [2.05, 4.69) is 10.6 Å². The first-order chi connectivity index (χ1) is 9.72. The number of unbranched alkanes of at least 4 members (excludes halogenated alkanes) is 1. The molecule has 0 saturated carbocycles. The van der Waals surface area contributed by atoms with Crippen LogP contribution in [0.3, 0.4) is 0 Å². The lowest BCUT2D eigenvalue weighted by atomic mass is 10.2. The summed E-state index contributed by atoms with van der Waals surface area (Å²) in [5.74, 6) is -0.113. The van der Waals surface area contributed by atoms with Crippen molar-refractivity contribution in [2.45, 2.75) is 26.2 Å². The fraction of sp³-hybridized carbons (Fsp3) is 0.375. The van der Waals surface area contributed by atoms with Crippen molar-refractivity contribution in [2.75, 3.05) is 13.1 Å². The largest absolute Gasteiger partial charge is 0.354 e. The van der Waals surface area contributed by atoms with Gasteiger partial charge in [0.2, 0.25) is 11.8 Å². The van der Waals surface area contributed by atoms with Crippen molar-refractivity contribution in [3.05, 3.63) is 42.0 Å². The number of carbonyl (C=O) groups excluding carboxylic acids is 2. The molecule has 108 valence electrons. The zero-order valence-corrected chi connectivity index (χ0v) is 11.9. The summed E-state index contributed by atoms with van der Waals surface area (Å²) in [6.45, 7) is 2.95. The van der Waals surface area contributed by atoms with Gasteiger partial charge in [-0.05, 0) is 18.1 Å². The van der Waals surface area contributed by atoms with Crippen LogP contribution in [-0.2, 0) is 9.59 Å². The summed E-state index contributed by atoms with van der Waals surface area (Å²) in [5.41, 5.74) is 0.982. The van der Waals surface area contributed by atoms with E-state index in [1.807, 2.05) is 37.3 Å². The molecule has 0 atom stereocenters. The molecular weight excluding hydrogens is 252 g/mol. The van der Waals surface area contributed by atoms with Gasteiger partial charge in [0.05, 0.1) is 0 Å². The van der Waals surface area contributed by atoms with Gasteiger partial charge in [-0.2, -0.15) is 0 Å². The molecule has 0 radical (unpaired) electrons. The van der Waals surface area contributed by atoms with Crippen molar-refractivity contribution in [2.24, 2.45) is 0 Å².